The van der Waals surface area contributed by atoms with E-state index in [1.807, 2.05) is 41.5 Å². The molecule has 3 aromatic rings. The minimum Gasteiger partial charge on any atom is -0.453 e. The molecule has 4 aliphatic rings. The molecule has 7 rings (SSSR count). The number of halogens is 4. The fourth-order valence-electron chi connectivity index (χ4n) is 8.94. The molecular formula is C45H61F4N7O6S4. The number of rotatable bonds is 8. The van der Waals surface area contributed by atoms with Gasteiger partial charge in [-0.05, 0) is 70.9 Å². The fraction of sp³-hybridized carbons (Fsp3) is 0.511. The molecule has 2 saturated heterocycles. The topological polar surface area (TPSA) is 158 Å². The van der Waals surface area contributed by atoms with Crippen LogP contribution in [0.25, 0.3) is 28.0 Å². The lowest BCUT2D eigenvalue weighted by molar-refractivity contribution is -0.225. The Balaban J connectivity index is 0.00000289. The Morgan fingerprint density at radius 1 is 0.727 bits per heavy atom. The maximum absolute atomic E-state index is 16.2. The van der Waals surface area contributed by atoms with E-state index in [2.05, 4.69) is 25.6 Å². The van der Waals surface area contributed by atoms with Crippen molar-refractivity contribution in [3.63, 3.8) is 0 Å². The van der Waals surface area contributed by atoms with E-state index in [-0.39, 0.29) is 88.9 Å². The predicted molar refractivity (Wildman–Crippen MR) is 265 cm³/mol. The van der Waals surface area contributed by atoms with Crippen LogP contribution in [0, 0.1) is 10.8 Å². The number of H-pyrrole nitrogens is 1. The van der Waals surface area contributed by atoms with Crippen LogP contribution >= 0.6 is 54.0 Å². The molecule has 0 bridgehead atoms. The van der Waals surface area contributed by atoms with Crippen LogP contribution in [0.15, 0.2) is 53.8 Å². The number of carbonyl (C=O) groups is 4. The van der Waals surface area contributed by atoms with E-state index >= 15 is 17.6 Å². The van der Waals surface area contributed by atoms with Gasteiger partial charge in [-0.2, -0.15) is 71.5 Å². The van der Waals surface area contributed by atoms with E-state index in [0.717, 1.165) is 12.1 Å². The lowest BCUT2D eigenvalue weighted by atomic mass is 9.78. The number of amides is 4. The van der Waals surface area contributed by atoms with E-state index in [9.17, 15) is 19.2 Å². The standard InChI is InChI=1S/C45H53F4N7O6.4H2S/c1-42(2,3)35(53-40(59)61-7)38(57)55-17-9-11-33(55)31-21-26(22-50-31)24-13-15-27-28-16-14-25(20-30(28)45(48,49)44(46,47)29(27)19-24)32-23-51-37(52-32)34-12-10-18-56(34)39(58)36(43(4,5)6)54-41(60)62-8;;;;/h13-16,19-20,22-23,33-36H,9-12,17-18,21H2,1-8H3,(H,51,52)(H,53,59)(H,54,60);4*1H2/t33-,34-,35+,36+;;;;/m0..../s1. The molecule has 2 fully saturated rings. The monoisotopic (exact) mass is 999 g/mol. The lowest BCUT2D eigenvalue weighted by Crippen LogP contribution is -2.56. The zero-order valence-corrected chi connectivity index (χ0v) is 42.1. The Kier molecular flexibility index (Phi) is 17.7. The molecule has 4 atom stereocenters. The van der Waals surface area contributed by atoms with Gasteiger partial charge in [-0.3, -0.25) is 14.6 Å². The maximum atomic E-state index is 16.2. The van der Waals surface area contributed by atoms with Gasteiger partial charge in [0.1, 0.15) is 17.9 Å². The number of hydrogen-bond acceptors (Lipinski definition) is 8. The van der Waals surface area contributed by atoms with Crippen molar-refractivity contribution in [3.05, 3.63) is 71.3 Å². The largest absolute Gasteiger partial charge is 0.453 e. The van der Waals surface area contributed by atoms with Gasteiger partial charge in [-0.25, -0.2) is 14.6 Å². The highest BCUT2D eigenvalue weighted by molar-refractivity contribution is 7.59. The third-order valence-corrected chi connectivity index (χ3v) is 12.3. The summed E-state index contributed by atoms with van der Waals surface area (Å²) in [5.41, 5.74) is -0.957. The second-order valence-corrected chi connectivity index (χ2v) is 18.6. The number of benzene rings is 2. The number of aromatic amines is 1. The van der Waals surface area contributed by atoms with E-state index in [1.54, 1.807) is 21.9 Å². The third-order valence-electron chi connectivity index (χ3n) is 12.3. The number of ether oxygens (including phenoxy) is 2. The molecular weight excluding hydrogens is 939 g/mol. The quantitative estimate of drug-likeness (QED) is 0.191. The third kappa shape index (κ3) is 10.4. The Labute approximate surface area is 410 Å². The smallest absolute Gasteiger partial charge is 0.407 e. The number of fused-ring (bicyclic) bond motifs is 3. The van der Waals surface area contributed by atoms with E-state index in [1.165, 1.54) is 38.7 Å². The van der Waals surface area contributed by atoms with Gasteiger partial charge in [0.2, 0.25) is 11.8 Å². The number of hydrogen-bond donors (Lipinski definition) is 3. The van der Waals surface area contributed by atoms with Crippen LogP contribution in [0.2, 0.25) is 0 Å². The van der Waals surface area contributed by atoms with Crippen LogP contribution in [-0.4, -0.2) is 94.9 Å². The molecule has 0 spiro atoms. The highest BCUT2D eigenvalue weighted by Crippen LogP contribution is 2.58. The number of aliphatic imine (C=N–C) groups is 1. The number of carbonyl (C=O) groups excluding carboxylic acids is 4. The molecule has 3 N–H and O–H groups in total. The number of likely N-dealkylation sites (tertiary alicyclic amines) is 2. The Hall–Kier alpha value is -4.34. The van der Waals surface area contributed by atoms with Crippen LogP contribution in [-0.2, 0) is 30.9 Å². The molecule has 0 unspecified atom stereocenters. The van der Waals surface area contributed by atoms with Gasteiger partial charge in [0, 0.05) is 48.1 Å². The van der Waals surface area contributed by atoms with Crippen LogP contribution in [0.4, 0.5) is 27.2 Å². The first kappa shape index (κ1) is 56.0. The van der Waals surface area contributed by atoms with Crippen molar-refractivity contribution in [2.24, 2.45) is 15.8 Å². The van der Waals surface area contributed by atoms with Crippen LogP contribution < -0.4 is 10.6 Å². The minimum atomic E-state index is -4.59. The van der Waals surface area contributed by atoms with Crippen molar-refractivity contribution < 1.29 is 46.2 Å². The predicted octanol–water partition coefficient (Wildman–Crippen LogP) is 8.77. The molecule has 4 amide bonds. The average molecular weight is 1000 g/mol. The number of imidazole rings is 1. The van der Waals surface area contributed by atoms with Crippen molar-refractivity contribution >= 4 is 89.3 Å². The molecule has 66 heavy (non-hydrogen) atoms. The van der Waals surface area contributed by atoms with Crippen LogP contribution in [0.3, 0.4) is 0 Å². The zero-order chi connectivity index (χ0) is 45.1. The van der Waals surface area contributed by atoms with Crippen molar-refractivity contribution in [1.29, 1.82) is 0 Å². The van der Waals surface area contributed by atoms with Gasteiger partial charge in [0.25, 0.3) is 0 Å². The maximum Gasteiger partial charge on any atom is 0.407 e. The summed E-state index contributed by atoms with van der Waals surface area (Å²) in [6, 6.07) is 5.52. The molecule has 13 nitrogen and oxygen atoms in total. The van der Waals surface area contributed by atoms with Gasteiger partial charge in [0.05, 0.1) is 38.2 Å². The molecule has 4 heterocycles. The van der Waals surface area contributed by atoms with Crippen LogP contribution in [0.5, 0.6) is 0 Å². The van der Waals surface area contributed by atoms with E-state index < -0.39 is 70.2 Å². The zero-order valence-electron chi connectivity index (χ0n) is 38.1. The first-order valence-corrected chi connectivity index (χ1v) is 20.7. The summed E-state index contributed by atoms with van der Waals surface area (Å²) in [6.45, 7) is 11.8. The summed E-state index contributed by atoms with van der Waals surface area (Å²) in [5, 5.41) is 5.29. The number of nitrogens with one attached hydrogen (secondary N) is 3. The summed E-state index contributed by atoms with van der Waals surface area (Å²) in [5.74, 6) is -9.39. The second-order valence-electron chi connectivity index (χ2n) is 18.6. The van der Waals surface area contributed by atoms with Gasteiger partial charge >= 0.3 is 24.0 Å². The molecule has 1 aliphatic carbocycles. The highest BCUT2D eigenvalue weighted by Gasteiger charge is 2.63. The number of methoxy groups -OCH3 is 2. The normalized spacial score (nSPS) is 20.0. The fourth-order valence-corrected chi connectivity index (χ4v) is 8.94. The summed E-state index contributed by atoms with van der Waals surface area (Å²) in [7, 11) is 2.44. The second kappa shape index (κ2) is 20.9. The van der Waals surface area contributed by atoms with Gasteiger partial charge in [-0.15, -0.1) is 0 Å². The molecule has 1 aromatic heterocycles. The van der Waals surface area contributed by atoms with E-state index in [4.69, 9.17) is 9.47 Å². The molecule has 2 aromatic carbocycles. The molecule has 0 saturated carbocycles. The lowest BCUT2D eigenvalue weighted by Gasteiger charge is -2.35. The Morgan fingerprint density at radius 3 is 1.67 bits per heavy atom. The summed E-state index contributed by atoms with van der Waals surface area (Å²) in [4.78, 5) is 67.4. The number of aromatic nitrogens is 2. The van der Waals surface area contributed by atoms with Crippen molar-refractivity contribution in [3.8, 4) is 22.4 Å². The van der Waals surface area contributed by atoms with Gasteiger partial charge in [-0.1, -0.05) is 65.8 Å². The van der Waals surface area contributed by atoms with Gasteiger partial charge < -0.3 is 34.9 Å². The van der Waals surface area contributed by atoms with Crippen LogP contribution in [0.1, 0.15) is 102 Å². The highest BCUT2D eigenvalue weighted by atomic mass is 32.1. The minimum absolute atomic E-state index is 0. The van der Waals surface area contributed by atoms with Crippen molar-refractivity contribution in [1.82, 2.24) is 30.4 Å². The first-order chi connectivity index (χ1) is 29.1. The summed E-state index contributed by atoms with van der Waals surface area (Å²) >= 11 is 0. The number of allylic oxidation sites excluding steroid dienone is 1. The number of nitrogens with zero attached hydrogens (tertiary/aromatic N) is 4. The molecule has 21 heteroatoms. The number of alkyl carbamates (subject to hydrolysis) is 2. The first-order valence-electron chi connectivity index (χ1n) is 20.7. The SMILES string of the molecule is COC(=O)N[C@H](C(=O)N1CCC[C@H]1C1=NC=C(c2ccc3c(c2)C(F)(F)C(F)(F)c2cc(-c4cnc([C@@H]5CCCN5C(=O)[C@@H](NC(=O)OC)C(C)(C)C)[nH]4)ccc2-3)C1)C(C)(C)C.S.S.S.S. The molecule has 3 aliphatic heterocycles. The Bertz CT molecular complexity index is 2370. The van der Waals surface area contributed by atoms with Crippen molar-refractivity contribution in [2.75, 3.05) is 27.3 Å². The van der Waals surface area contributed by atoms with E-state index in [0.29, 0.717) is 67.1 Å². The van der Waals surface area contributed by atoms with Crippen molar-refractivity contribution in [2.45, 2.75) is 110 Å². The molecule has 0 radical (unpaired) electrons. The summed E-state index contributed by atoms with van der Waals surface area (Å²) < 4.78 is 74.3. The molecule has 364 valence electrons. The Morgan fingerprint density at radius 2 is 1.18 bits per heavy atom. The summed E-state index contributed by atoms with van der Waals surface area (Å²) in [6.07, 6.45) is 4.23. The van der Waals surface area contributed by atoms with Gasteiger partial charge in [0.15, 0.2) is 0 Å². The number of alkyl halides is 4. The average Bonchev–Trinajstić information content (AvgIpc) is 4.06.